The average Bonchev–Trinajstić information content (AvgIpc) is 2.03. The number of hydrogen-bond acceptors (Lipinski definition) is 2. The van der Waals surface area contributed by atoms with Gasteiger partial charge in [-0.3, -0.25) is 0 Å². The van der Waals surface area contributed by atoms with Crippen molar-refractivity contribution in [3.05, 3.63) is 12.8 Å². The fourth-order valence-corrected chi connectivity index (χ4v) is 1.46. The van der Waals surface area contributed by atoms with Crippen LogP contribution >= 0.6 is 0 Å². The predicted molar refractivity (Wildman–Crippen MR) is 59.3 cm³/mol. The Labute approximate surface area is 83.2 Å². The Bertz CT molecular complexity index is 147. The number of rotatable bonds is 5. The minimum Gasteiger partial charge on any atom is -0.313 e. The van der Waals surface area contributed by atoms with Crippen LogP contribution < -0.4 is 0 Å². The molecule has 0 aliphatic carbocycles. The second kappa shape index (κ2) is 5.28. The lowest BCUT2D eigenvalue weighted by Gasteiger charge is -2.42. The van der Waals surface area contributed by atoms with Crippen LogP contribution in [0.15, 0.2) is 12.8 Å². The van der Waals surface area contributed by atoms with E-state index in [0.29, 0.717) is 0 Å². The molecule has 0 radical (unpaired) electrons. The zero-order valence-electron chi connectivity index (χ0n) is 9.80. The van der Waals surface area contributed by atoms with Gasteiger partial charge in [-0.05, 0) is 34.1 Å². The van der Waals surface area contributed by atoms with Gasteiger partial charge in [-0.1, -0.05) is 13.5 Å². The van der Waals surface area contributed by atoms with Gasteiger partial charge < -0.3 is 5.01 Å². The van der Waals surface area contributed by atoms with Gasteiger partial charge in [0.25, 0.3) is 0 Å². The lowest BCUT2D eigenvalue weighted by atomic mass is 10.1. The van der Waals surface area contributed by atoms with E-state index in [-0.39, 0.29) is 5.54 Å². The Morgan fingerprint density at radius 2 is 1.77 bits per heavy atom. The predicted octanol–water partition coefficient (Wildman–Crippen LogP) is 2.88. The Hall–Kier alpha value is -0.500. The molecule has 2 heteroatoms. The summed E-state index contributed by atoms with van der Waals surface area (Å²) in [6.45, 7) is 17.0. The van der Waals surface area contributed by atoms with Gasteiger partial charge in [0.05, 0.1) is 0 Å². The molecule has 0 heterocycles. The molecule has 0 unspecified atom stereocenters. The molecule has 0 saturated heterocycles. The van der Waals surface area contributed by atoms with Crippen LogP contribution in [0.25, 0.3) is 0 Å². The van der Waals surface area contributed by atoms with Crippen molar-refractivity contribution >= 4 is 0 Å². The fourth-order valence-electron chi connectivity index (χ4n) is 1.46. The second-order valence-corrected chi connectivity index (χ2v) is 4.23. The summed E-state index contributed by atoms with van der Waals surface area (Å²) in [6.07, 6.45) is 3.07. The molecular formula is C11H24N2. The quantitative estimate of drug-likeness (QED) is 0.606. The molecule has 0 bridgehead atoms. The van der Waals surface area contributed by atoms with Gasteiger partial charge in [-0.2, -0.15) is 0 Å². The highest BCUT2D eigenvalue weighted by atomic mass is 15.6. The van der Waals surface area contributed by atoms with Crippen molar-refractivity contribution in [2.75, 3.05) is 13.1 Å². The maximum absolute atomic E-state index is 3.83. The molecule has 0 rings (SSSR count). The number of hydrazine groups is 1. The van der Waals surface area contributed by atoms with E-state index >= 15 is 0 Å². The molecule has 0 aromatic heterocycles. The van der Waals surface area contributed by atoms with Crippen molar-refractivity contribution < 1.29 is 0 Å². The zero-order chi connectivity index (χ0) is 10.5. The molecule has 13 heavy (non-hydrogen) atoms. The van der Waals surface area contributed by atoms with E-state index < -0.39 is 0 Å². The van der Waals surface area contributed by atoms with Crippen LogP contribution in [0, 0.1) is 0 Å². The molecule has 0 fully saturated rings. The molecule has 0 aromatic carbocycles. The number of nitrogens with zero attached hydrogens (tertiary/aromatic N) is 2. The summed E-state index contributed by atoms with van der Waals surface area (Å²) < 4.78 is 0. The van der Waals surface area contributed by atoms with E-state index in [0.717, 1.165) is 13.1 Å². The molecule has 0 aromatic rings. The van der Waals surface area contributed by atoms with Crippen LogP contribution in [0.4, 0.5) is 0 Å². The third-order valence-corrected chi connectivity index (χ3v) is 2.05. The Morgan fingerprint density at radius 1 is 1.23 bits per heavy atom. The number of hydrogen-bond donors (Lipinski definition) is 0. The van der Waals surface area contributed by atoms with Gasteiger partial charge >= 0.3 is 0 Å². The van der Waals surface area contributed by atoms with Crippen molar-refractivity contribution in [1.29, 1.82) is 0 Å². The van der Waals surface area contributed by atoms with Gasteiger partial charge in [0.2, 0.25) is 0 Å². The Morgan fingerprint density at radius 3 is 2.00 bits per heavy atom. The molecule has 0 spiro atoms. The first-order valence-corrected chi connectivity index (χ1v) is 5.14. The molecular weight excluding hydrogens is 160 g/mol. The summed E-state index contributed by atoms with van der Waals surface area (Å²) in [4.78, 5) is 0. The minimum atomic E-state index is 0.181. The van der Waals surface area contributed by atoms with E-state index in [1.807, 2.05) is 6.20 Å². The Balaban J connectivity index is 4.47. The minimum absolute atomic E-state index is 0.181. The smallest absolute Gasteiger partial charge is 0.0319 e. The zero-order valence-corrected chi connectivity index (χ0v) is 9.80. The normalized spacial score (nSPS) is 11.8. The monoisotopic (exact) mass is 184 g/mol. The van der Waals surface area contributed by atoms with Crippen LogP contribution in [0.1, 0.15) is 41.0 Å². The third kappa shape index (κ3) is 3.81. The molecule has 0 amide bonds. The Kier molecular flexibility index (Phi) is 5.07. The van der Waals surface area contributed by atoms with Crippen LogP contribution in [-0.2, 0) is 0 Å². The first-order chi connectivity index (χ1) is 5.97. The molecule has 0 aliphatic heterocycles. The van der Waals surface area contributed by atoms with Crippen molar-refractivity contribution in [1.82, 2.24) is 10.0 Å². The average molecular weight is 184 g/mol. The van der Waals surface area contributed by atoms with Crippen LogP contribution in [0.3, 0.4) is 0 Å². The highest BCUT2D eigenvalue weighted by molar-refractivity contribution is 4.78. The first kappa shape index (κ1) is 12.5. The topological polar surface area (TPSA) is 6.48 Å². The van der Waals surface area contributed by atoms with E-state index in [1.54, 1.807) is 0 Å². The van der Waals surface area contributed by atoms with Gasteiger partial charge in [-0.25, -0.2) is 5.01 Å². The molecule has 0 N–H and O–H groups in total. The van der Waals surface area contributed by atoms with Crippen molar-refractivity contribution in [2.24, 2.45) is 0 Å². The molecule has 78 valence electrons. The van der Waals surface area contributed by atoms with E-state index in [4.69, 9.17) is 0 Å². The van der Waals surface area contributed by atoms with Crippen molar-refractivity contribution in [2.45, 2.75) is 46.6 Å². The lowest BCUT2D eigenvalue weighted by Crippen LogP contribution is -2.50. The van der Waals surface area contributed by atoms with Crippen molar-refractivity contribution in [3.63, 3.8) is 0 Å². The summed E-state index contributed by atoms with van der Waals surface area (Å²) >= 11 is 0. The van der Waals surface area contributed by atoms with Gasteiger partial charge in [0.15, 0.2) is 0 Å². The lowest BCUT2D eigenvalue weighted by molar-refractivity contribution is -0.0513. The van der Waals surface area contributed by atoms with E-state index in [9.17, 15) is 0 Å². The largest absolute Gasteiger partial charge is 0.313 e. The van der Waals surface area contributed by atoms with Crippen molar-refractivity contribution in [3.8, 4) is 0 Å². The highest BCUT2D eigenvalue weighted by Crippen LogP contribution is 2.16. The van der Waals surface area contributed by atoms with Gasteiger partial charge in [0, 0.05) is 24.8 Å². The first-order valence-electron chi connectivity index (χ1n) is 5.14. The second-order valence-electron chi connectivity index (χ2n) is 4.23. The van der Waals surface area contributed by atoms with E-state index in [2.05, 4.69) is 51.2 Å². The van der Waals surface area contributed by atoms with Crippen LogP contribution in [-0.4, -0.2) is 28.6 Å². The summed E-state index contributed by atoms with van der Waals surface area (Å²) in [7, 11) is 0. The maximum Gasteiger partial charge on any atom is 0.0319 e. The summed E-state index contributed by atoms with van der Waals surface area (Å²) in [5, 5.41) is 4.55. The summed E-state index contributed by atoms with van der Waals surface area (Å²) in [6, 6.07) is 0. The summed E-state index contributed by atoms with van der Waals surface area (Å²) in [5.74, 6) is 0. The van der Waals surface area contributed by atoms with Gasteiger partial charge in [-0.15, -0.1) is 0 Å². The standard InChI is InChI=1S/C11H24N2/c1-7-10-13(11(4,5)6)12(8-2)9-3/h8H,2,7,9-10H2,1,3-6H3. The molecule has 0 saturated carbocycles. The van der Waals surface area contributed by atoms with E-state index in [1.165, 1.54) is 6.42 Å². The maximum atomic E-state index is 3.83. The molecule has 0 aliphatic rings. The SMILES string of the molecule is C=CN(CC)N(CCC)C(C)(C)C. The highest BCUT2D eigenvalue weighted by Gasteiger charge is 2.23. The fraction of sp³-hybridized carbons (Fsp3) is 0.818. The van der Waals surface area contributed by atoms with Gasteiger partial charge in [0.1, 0.15) is 0 Å². The van der Waals surface area contributed by atoms with Crippen LogP contribution in [0.2, 0.25) is 0 Å². The molecule has 2 nitrogen and oxygen atoms in total. The van der Waals surface area contributed by atoms with Crippen LogP contribution in [0.5, 0.6) is 0 Å². The molecule has 0 atom stereocenters. The summed E-state index contributed by atoms with van der Waals surface area (Å²) in [5.41, 5.74) is 0.181. The third-order valence-electron chi connectivity index (χ3n) is 2.05.